The van der Waals surface area contributed by atoms with E-state index < -0.39 is 0 Å². The van der Waals surface area contributed by atoms with E-state index in [-0.39, 0.29) is 11.9 Å². The molecule has 1 fully saturated rings. The van der Waals surface area contributed by atoms with Gasteiger partial charge in [0.15, 0.2) is 0 Å². The summed E-state index contributed by atoms with van der Waals surface area (Å²) in [5.41, 5.74) is 3.25. The van der Waals surface area contributed by atoms with Crippen molar-refractivity contribution in [2.45, 2.75) is 73.3 Å². The maximum atomic E-state index is 12.6. The van der Waals surface area contributed by atoms with E-state index in [9.17, 15) is 4.79 Å². The van der Waals surface area contributed by atoms with Gasteiger partial charge in [-0.3, -0.25) is 14.8 Å². The summed E-state index contributed by atoms with van der Waals surface area (Å²) in [6.07, 6.45) is 14.6. The van der Waals surface area contributed by atoms with Crippen LogP contribution in [0.25, 0.3) is 12.2 Å². The molecule has 0 aliphatic heterocycles. The number of hydrogen-bond acceptors (Lipinski definition) is 5. The Bertz CT molecular complexity index is 1300. The zero-order chi connectivity index (χ0) is 26.8. The number of benzene rings is 1. The largest absolute Gasteiger partial charge is 0.362 e. The second-order valence-electron chi connectivity index (χ2n) is 10.2. The van der Waals surface area contributed by atoms with Gasteiger partial charge < -0.3 is 10.6 Å². The lowest BCUT2D eigenvalue weighted by molar-refractivity contribution is 0.102. The van der Waals surface area contributed by atoms with Gasteiger partial charge in [0, 0.05) is 18.1 Å². The van der Waals surface area contributed by atoms with Crippen LogP contribution < -0.4 is 21.3 Å². The second-order valence-corrected chi connectivity index (χ2v) is 10.2. The predicted molar refractivity (Wildman–Crippen MR) is 154 cm³/mol. The van der Waals surface area contributed by atoms with Gasteiger partial charge in [-0.15, -0.1) is 0 Å². The van der Waals surface area contributed by atoms with E-state index in [2.05, 4.69) is 54.4 Å². The number of nitrogens with one attached hydrogen (secondary N) is 2. The van der Waals surface area contributed by atoms with Crippen molar-refractivity contribution in [3.05, 3.63) is 76.3 Å². The summed E-state index contributed by atoms with van der Waals surface area (Å²) in [6.45, 7) is 12.6. The number of carbonyl (C=O) groups excluding carboxylic acids is 1. The SMILES string of the molecule is C/C=c1/ncc(NC(C)c2cccc(NC(=O)c3cncc(C)c3)c2)n/c1=C\CC(C)C.CCC1CC1. The fraction of sp³-hybridized carbons (Fsp3) is 0.419. The van der Waals surface area contributed by atoms with Crippen LogP contribution >= 0.6 is 0 Å². The van der Waals surface area contributed by atoms with Crippen LogP contribution in [0, 0.1) is 18.8 Å². The molecular weight excluding hydrogens is 458 g/mol. The number of rotatable bonds is 8. The van der Waals surface area contributed by atoms with Crippen LogP contribution in [0.3, 0.4) is 0 Å². The van der Waals surface area contributed by atoms with E-state index in [1.165, 1.54) is 19.3 Å². The van der Waals surface area contributed by atoms with Crippen molar-refractivity contribution in [1.29, 1.82) is 0 Å². The van der Waals surface area contributed by atoms with Gasteiger partial charge >= 0.3 is 0 Å². The summed E-state index contributed by atoms with van der Waals surface area (Å²) in [5, 5.41) is 8.16. The van der Waals surface area contributed by atoms with Gasteiger partial charge in [0.25, 0.3) is 5.91 Å². The van der Waals surface area contributed by atoms with Crippen molar-refractivity contribution in [2.75, 3.05) is 10.6 Å². The molecule has 6 heteroatoms. The van der Waals surface area contributed by atoms with Crippen molar-refractivity contribution in [2.24, 2.45) is 11.8 Å². The monoisotopic (exact) mass is 499 g/mol. The molecule has 1 aliphatic rings. The van der Waals surface area contributed by atoms with Crippen LogP contribution in [0.1, 0.15) is 87.8 Å². The third-order valence-corrected chi connectivity index (χ3v) is 6.31. The number of aryl methyl sites for hydroxylation is 1. The summed E-state index contributed by atoms with van der Waals surface area (Å²) >= 11 is 0. The number of amides is 1. The first kappa shape index (κ1) is 28.0. The van der Waals surface area contributed by atoms with Crippen LogP contribution in [-0.2, 0) is 0 Å². The van der Waals surface area contributed by atoms with Gasteiger partial charge in [-0.1, -0.05) is 64.3 Å². The maximum Gasteiger partial charge on any atom is 0.257 e. The number of nitrogens with zero attached hydrogens (tertiary/aromatic N) is 3. The van der Waals surface area contributed by atoms with E-state index in [0.29, 0.717) is 11.5 Å². The summed E-state index contributed by atoms with van der Waals surface area (Å²) in [7, 11) is 0. The lowest BCUT2D eigenvalue weighted by Gasteiger charge is -2.16. The minimum Gasteiger partial charge on any atom is -0.362 e. The van der Waals surface area contributed by atoms with Gasteiger partial charge in [0.2, 0.25) is 0 Å². The summed E-state index contributed by atoms with van der Waals surface area (Å²) in [6, 6.07) is 9.60. The van der Waals surface area contributed by atoms with Crippen molar-refractivity contribution in [3.63, 3.8) is 0 Å². The quantitative estimate of drug-likeness (QED) is 0.395. The normalized spacial score (nSPS) is 14.7. The molecule has 1 aromatic carbocycles. The van der Waals surface area contributed by atoms with Crippen LogP contribution in [0.15, 0.2) is 48.9 Å². The molecule has 1 amide bonds. The zero-order valence-corrected chi connectivity index (χ0v) is 23.1. The number of pyridine rings is 1. The van der Waals surface area contributed by atoms with E-state index in [4.69, 9.17) is 4.98 Å². The Hall–Kier alpha value is -3.54. The van der Waals surface area contributed by atoms with Crippen molar-refractivity contribution in [3.8, 4) is 0 Å². The van der Waals surface area contributed by atoms with E-state index in [0.717, 1.165) is 45.7 Å². The fourth-order valence-corrected chi connectivity index (χ4v) is 3.80. The lowest BCUT2D eigenvalue weighted by atomic mass is 10.1. The zero-order valence-electron chi connectivity index (χ0n) is 23.1. The summed E-state index contributed by atoms with van der Waals surface area (Å²) in [5.74, 6) is 2.24. The molecule has 2 aromatic heterocycles. The fourth-order valence-electron chi connectivity index (χ4n) is 3.80. The molecule has 0 radical (unpaired) electrons. The minimum absolute atomic E-state index is 0.0174. The highest BCUT2D eigenvalue weighted by Crippen LogP contribution is 2.31. The van der Waals surface area contributed by atoms with Gasteiger partial charge in [-0.05, 0) is 68.4 Å². The molecule has 3 aromatic rings. The average molecular weight is 500 g/mol. The minimum atomic E-state index is -0.179. The molecule has 2 N–H and O–H groups in total. The molecule has 6 nitrogen and oxygen atoms in total. The van der Waals surface area contributed by atoms with Gasteiger partial charge in [0.05, 0.1) is 28.5 Å². The molecule has 0 spiro atoms. The van der Waals surface area contributed by atoms with E-state index >= 15 is 0 Å². The third-order valence-electron chi connectivity index (χ3n) is 6.31. The number of anilines is 2. The van der Waals surface area contributed by atoms with Crippen molar-refractivity contribution >= 4 is 29.6 Å². The molecule has 1 atom stereocenters. The molecule has 0 bridgehead atoms. The van der Waals surface area contributed by atoms with E-state index in [1.54, 1.807) is 18.6 Å². The van der Waals surface area contributed by atoms with Crippen LogP contribution in [0.4, 0.5) is 11.5 Å². The molecule has 196 valence electrons. The topological polar surface area (TPSA) is 79.8 Å². The summed E-state index contributed by atoms with van der Waals surface area (Å²) < 4.78 is 0. The molecule has 0 saturated heterocycles. The van der Waals surface area contributed by atoms with Gasteiger partial charge in [-0.25, -0.2) is 4.98 Å². The van der Waals surface area contributed by atoms with E-state index in [1.807, 2.05) is 50.3 Å². The molecule has 1 aliphatic carbocycles. The Labute approximate surface area is 221 Å². The average Bonchev–Trinajstić information content (AvgIpc) is 3.73. The molecule has 4 rings (SSSR count). The smallest absolute Gasteiger partial charge is 0.257 e. The standard InChI is InChI=1S/C26H31N5O.C5H10/c1-6-23-24(11-10-17(2)3)31-25(16-28-23)29-19(5)20-8-7-9-22(13-20)30-26(32)21-12-18(4)14-27-15-21;1-2-5-3-4-5/h6-9,11-17,19H,10H2,1-5H3,(H,29,31)(H,30,32);5H,2-4H2,1H3/b23-6+,24-11-;. The first-order chi connectivity index (χ1) is 17.8. The Morgan fingerprint density at radius 2 is 1.89 bits per heavy atom. The van der Waals surface area contributed by atoms with Gasteiger partial charge in [0.1, 0.15) is 5.82 Å². The Balaban J connectivity index is 0.000000678. The lowest BCUT2D eigenvalue weighted by Crippen LogP contribution is -2.32. The van der Waals surface area contributed by atoms with Crippen LogP contribution in [-0.4, -0.2) is 20.9 Å². The molecule has 1 unspecified atom stereocenters. The molecule has 2 heterocycles. The molecule has 37 heavy (non-hydrogen) atoms. The Morgan fingerprint density at radius 3 is 2.51 bits per heavy atom. The predicted octanol–water partition coefficient (Wildman–Crippen LogP) is 6.04. The first-order valence-electron chi connectivity index (χ1n) is 13.4. The third kappa shape index (κ3) is 9.12. The van der Waals surface area contributed by atoms with Crippen molar-refractivity contribution in [1.82, 2.24) is 15.0 Å². The number of hydrogen-bond donors (Lipinski definition) is 2. The Morgan fingerprint density at radius 1 is 1.11 bits per heavy atom. The second kappa shape index (κ2) is 13.7. The number of carbonyl (C=O) groups is 1. The van der Waals surface area contributed by atoms with Crippen LogP contribution in [0.2, 0.25) is 0 Å². The van der Waals surface area contributed by atoms with Crippen molar-refractivity contribution < 1.29 is 4.79 Å². The number of aromatic nitrogens is 3. The highest BCUT2D eigenvalue weighted by Gasteiger charge is 2.17. The summed E-state index contributed by atoms with van der Waals surface area (Å²) in [4.78, 5) is 26.0. The van der Waals surface area contributed by atoms with Gasteiger partial charge in [-0.2, -0.15) is 0 Å². The molecular formula is C31H41N5O. The highest BCUT2D eigenvalue weighted by molar-refractivity contribution is 6.04. The Kier molecular flexibility index (Phi) is 10.4. The molecule has 1 saturated carbocycles. The maximum absolute atomic E-state index is 12.6. The highest BCUT2D eigenvalue weighted by atomic mass is 16.1. The van der Waals surface area contributed by atoms with Crippen LogP contribution in [0.5, 0.6) is 0 Å². The first-order valence-corrected chi connectivity index (χ1v) is 13.4.